The zero-order chi connectivity index (χ0) is 23.8. The molecule has 0 atom stereocenters. The summed E-state index contributed by atoms with van der Waals surface area (Å²) in [5.41, 5.74) is 6.17. The van der Waals surface area contributed by atoms with E-state index in [1.54, 1.807) is 36.1 Å². The van der Waals surface area contributed by atoms with Crippen LogP contribution in [0.5, 0.6) is 5.75 Å². The van der Waals surface area contributed by atoms with Crippen LogP contribution in [-0.4, -0.2) is 41.5 Å². The molecular weight excluding hydrogens is 430 g/mol. The Hall–Kier alpha value is -4.72. The van der Waals surface area contributed by atoms with Crippen LogP contribution in [0.15, 0.2) is 96.2 Å². The summed E-state index contributed by atoms with van der Waals surface area (Å²) in [6.45, 7) is -0.211. The van der Waals surface area contributed by atoms with Crippen molar-refractivity contribution in [2.75, 3.05) is 13.7 Å². The van der Waals surface area contributed by atoms with E-state index in [1.807, 2.05) is 66.9 Å². The molecule has 34 heavy (non-hydrogen) atoms. The van der Waals surface area contributed by atoms with Gasteiger partial charge in [0, 0.05) is 22.9 Å². The van der Waals surface area contributed by atoms with Crippen molar-refractivity contribution in [3.05, 3.63) is 102 Å². The largest absolute Gasteiger partial charge is 0.497 e. The number of ether oxygens (including phenoxy) is 1. The summed E-state index contributed by atoms with van der Waals surface area (Å²) in [4.78, 5) is 24.4. The van der Waals surface area contributed by atoms with Gasteiger partial charge < -0.3 is 10.1 Å². The van der Waals surface area contributed by atoms with Gasteiger partial charge in [0.05, 0.1) is 25.6 Å². The SMILES string of the molecule is COc1ccc(C(=O)NCC(=O)N/N=C\c2cn(-c3ccccc3)nc2-c2ccccc2)cc1. The number of nitrogens with one attached hydrogen (secondary N) is 2. The molecule has 0 unspecified atom stereocenters. The Kier molecular flexibility index (Phi) is 7.09. The number of hydrogen-bond donors (Lipinski definition) is 2. The average molecular weight is 454 g/mol. The normalized spacial score (nSPS) is 10.7. The molecule has 0 saturated heterocycles. The third-order valence-electron chi connectivity index (χ3n) is 4.97. The van der Waals surface area contributed by atoms with E-state index < -0.39 is 5.91 Å². The Balaban J connectivity index is 1.41. The number of carbonyl (C=O) groups is 2. The fourth-order valence-electron chi connectivity index (χ4n) is 3.23. The van der Waals surface area contributed by atoms with Crippen LogP contribution in [-0.2, 0) is 4.79 Å². The van der Waals surface area contributed by atoms with E-state index in [2.05, 4.69) is 15.8 Å². The molecule has 0 saturated carbocycles. The second-order valence-corrected chi connectivity index (χ2v) is 7.28. The Labute approximate surface area is 196 Å². The molecule has 170 valence electrons. The van der Waals surface area contributed by atoms with E-state index in [0.717, 1.165) is 22.5 Å². The third kappa shape index (κ3) is 5.55. The van der Waals surface area contributed by atoms with Crippen molar-refractivity contribution in [3.63, 3.8) is 0 Å². The molecule has 1 heterocycles. The maximum atomic E-state index is 12.2. The Bertz CT molecular complexity index is 1280. The molecule has 0 fully saturated rings. The summed E-state index contributed by atoms with van der Waals surface area (Å²) in [5, 5.41) is 11.3. The summed E-state index contributed by atoms with van der Waals surface area (Å²) in [7, 11) is 1.55. The molecule has 8 heteroatoms. The maximum absolute atomic E-state index is 12.2. The predicted octanol–water partition coefficient (Wildman–Crippen LogP) is 3.43. The lowest BCUT2D eigenvalue weighted by Gasteiger charge is -2.05. The van der Waals surface area contributed by atoms with Gasteiger partial charge in [0.2, 0.25) is 0 Å². The summed E-state index contributed by atoms with van der Waals surface area (Å²) in [6, 6.07) is 26.1. The molecule has 3 aromatic carbocycles. The Morgan fingerprint density at radius 1 is 0.971 bits per heavy atom. The second kappa shape index (κ2) is 10.7. The number of rotatable bonds is 8. The van der Waals surface area contributed by atoms with Crippen molar-refractivity contribution in [2.45, 2.75) is 0 Å². The highest BCUT2D eigenvalue weighted by atomic mass is 16.5. The van der Waals surface area contributed by atoms with Gasteiger partial charge in [0.15, 0.2) is 0 Å². The number of methoxy groups -OCH3 is 1. The van der Waals surface area contributed by atoms with Crippen molar-refractivity contribution < 1.29 is 14.3 Å². The number of aromatic nitrogens is 2. The van der Waals surface area contributed by atoms with E-state index in [9.17, 15) is 9.59 Å². The number of hydrazone groups is 1. The summed E-state index contributed by atoms with van der Waals surface area (Å²) >= 11 is 0. The molecule has 0 radical (unpaired) electrons. The van der Waals surface area contributed by atoms with Crippen LogP contribution in [0, 0.1) is 0 Å². The number of hydrogen-bond acceptors (Lipinski definition) is 5. The second-order valence-electron chi connectivity index (χ2n) is 7.28. The van der Waals surface area contributed by atoms with E-state index in [-0.39, 0.29) is 12.5 Å². The number of benzene rings is 3. The number of amides is 2. The summed E-state index contributed by atoms with van der Waals surface area (Å²) in [6.07, 6.45) is 3.39. The minimum atomic E-state index is -0.449. The van der Waals surface area contributed by atoms with Gasteiger partial charge in [-0.3, -0.25) is 9.59 Å². The zero-order valence-corrected chi connectivity index (χ0v) is 18.5. The fourth-order valence-corrected chi connectivity index (χ4v) is 3.23. The molecule has 1 aromatic heterocycles. The van der Waals surface area contributed by atoms with E-state index in [0.29, 0.717) is 11.3 Å². The third-order valence-corrected chi connectivity index (χ3v) is 4.97. The van der Waals surface area contributed by atoms with Crippen molar-refractivity contribution >= 4 is 18.0 Å². The van der Waals surface area contributed by atoms with E-state index >= 15 is 0 Å². The van der Waals surface area contributed by atoms with Gasteiger partial charge in [-0.15, -0.1) is 0 Å². The van der Waals surface area contributed by atoms with Gasteiger partial charge >= 0.3 is 0 Å². The minimum Gasteiger partial charge on any atom is -0.497 e. The van der Waals surface area contributed by atoms with Gasteiger partial charge in [-0.05, 0) is 36.4 Å². The Morgan fingerprint density at radius 2 is 1.65 bits per heavy atom. The zero-order valence-electron chi connectivity index (χ0n) is 18.5. The molecule has 0 aliphatic carbocycles. The highest BCUT2D eigenvalue weighted by molar-refractivity contribution is 5.96. The topological polar surface area (TPSA) is 97.6 Å². The molecule has 0 aliphatic rings. The molecule has 4 aromatic rings. The van der Waals surface area contributed by atoms with Crippen LogP contribution >= 0.6 is 0 Å². The van der Waals surface area contributed by atoms with Gasteiger partial charge in [0.1, 0.15) is 11.4 Å². The number of nitrogens with zero attached hydrogens (tertiary/aromatic N) is 3. The minimum absolute atomic E-state index is 0.211. The fraction of sp³-hybridized carbons (Fsp3) is 0.0769. The lowest BCUT2D eigenvalue weighted by molar-refractivity contribution is -0.120. The average Bonchev–Trinajstić information content (AvgIpc) is 3.32. The highest BCUT2D eigenvalue weighted by Gasteiger charge is 2.11. The lowest BCUT2D eigenvalue weighted by Crippen LogP contribution is -2.34. The molecule has 2 N–H and O–H groups in total. The monoisotopic (exact) mass is 453 g/mol. The van der Waals surface area contributed by atoms with Gasteiger partial charge in [-0.25, -0.2) is 10.1 Å². The Morgan fingerprint density at radius 3 is 2.32 bits per heavy atom. The molecule has 2 amide bonds. The summed E-state index contributed by atoms with van der Waals surface area (Å²) in [5.74, 6) is -0.166. The molecule has 4 rings (SSSR count). The van der Waals surface area contributed by atoms with Gasteiger partial charge in [-0.2, -0.15) is 10.2 Å². The summed E-state index contributed by atoms with van der Waals surface area (Å²) < 4.78 is 6.84. The molecule has 0 bridgehead atoms. The number of carbonyl (C=O) groups excluding carboxylic acids is 2. The first-order chi connectivity index (χ1) is 16.6. The van der Waals surface area contributed by atoms with Crippen LogP contribution in [0.3, 0.4) is 0 Å². The number of para-hydroxylation sites is 1. The van der Waals surface area contributed by atoms with Crippen LogP contribution < -0.4 is 15.5 Å². The van der Waals surface area contributed by atoms with Gasteiger partial charge in [-0.1, -0.05) is 48.5 Å². The maximum Gasteiger partial charge on any atom is 0.259 e. The van der Waals surface area contributed by atoms with Crippen molar-refractivity contribution in [2.24, 2.45) is 5.10 Å². The first kappa shape index (κ1) is 22.5. The van der Waals surface area contributed by atoms with E-state index in [1.165, 1.54) is 6.21 Å². The van der Waals surface area contributed by atoms with Crippen LogP contribution in [0.25, 0.3) is 16.9 Å². The standard InChI is InChI=1S/C26H23N5O3/c1-34-23-14-12-20(13-15-23)26(33)27-17-24(32)29-28-16-21-18-31(22-10-6-3-7-11-22)30-25(21)19-8-4-2-5-9-19/h2-16,18H,17H2,1H3,(H,27,33)(H,29,32)/b28-16-. The predicted molar refractivity (Wildman–Crippen MR) is 130 cm³/mol. The highest BCUT2D eigenvalue weighted by Crippen LogP contribution is 2.22. The smallest absolute Gasteiger partial charge is 0.259 e. The van der Waals surface area contributed by atoms with Crippen LogP contribution in [0.4, 0.5) is 0 Å². The van der Waals surface area contributed by atoms with Crippen LogP contribution in [0.2, 0.25) is 0 Å². The first-order valence-electron chi connectivity index (χ1n) is 10.6. The van der Waals surface area contributed by atoms with Crippen molar-refractivity contribution in [1.82, 2.24) is 20.5 Å². The molecule has 0 aliphatic heterocycles. The van der Waals surface area contributed by atoms with Crippen LogP contribution in [0.1, 0.15) is 15.9 Å². The van der Waals surface area contributed by atoms with Crippen molar-refractivity contribution in [3.8, 4) is 22.7 Å². The van der Waals surface area contributed by atoms with E-state index in [4.69, 9.17) is 9.84 Å². The van der Waals surface area contributed by atoms with Gasteiger partial charge in [0.25, 0.3) is 11.8 Å². The van der Waals surface area contributed by atoms with Crippen molar-refractivity contribution in [1.29, 1.82) is 0 Å². The quantitative estimate of drug-likeness (QED) is 0.316. The molecule has 8 nitrogen and oxygen atoms in total. The molecular formula is C26H23N5O3. The first-order valence-corrected chi connectivity index (χ1v) is 10.6. The molecule has 0 spiro atoms. The lowest BCUT2D eigenvalue weighted by atomic mass is 10.1.